The molecule has 0 bridgehead atoms. The summed E-state index contributed by atoms with van der Waals surface area (Å²) in [4.78, 5) is 28.6. The van der Waals surface area contributed by atoms with Gasteiger partial charge < -0.3 is 13.7 Å². The van der Waals surface area contributed by atoms with Gasteiger partial charge in [-0.05, 0) is 56.2 Å². The second-order valence-corrected chi connectivity index (χ2v) is 14.1. The first kappa shape index (κ1) is 35.7. The van der Waals surface area contributed by atoms with E-state index in [9.17, 15) is 0 Å². The highest BCUT2D eigenvalue weighted by Gasteiger charge is 2.32. The van der Waals surface area contributed by atoms with Crippen LogP contribution in [0.25, 0.3) is 44.8 Å². The quantitative estimate of drug-likeness (QED) is 0.117. The molecule has 0 atom stereocenters. The summed E-state index contributed by atoms with van der Waals surface area (Å²) in [5.41, 5.74) is 5.26. The Balaban J connectivity index is 1.28. The van der Waals surface area contributed by atoms with Gasteiger partial charge in [0.15, 0.2) is 17.5 Å². The standard InChI is InChI=1S/C38H31Cl4N11O/c1-4-14-50-33-25(39)8-6-10-29(33)47-35(50)23-17-27(41)37(45-19-23)52(31-21-43-12-13-44-31)53(32-16-22(3)49-54-32)38-28(42)18-24(20-46-38)36-48-30-11-7-9-26(40)34(30)51(36)15-5-2/h6-13,16-21H,4-5,14-15H2,1-3H3. The maximum atomic E-state index is 7.19. The summed E-state index contributed by atoms with van der Waals surface area (Å²) in [5.74, 6) is 2.55. The molecule has 0 N–H and O–H groups in total. The lowest BCUT2D eigenvalue weighted by Crippen LogP contribution is -2.38. The first-order valence-corrected chi connectivity index (χ1v) is 18.7. The highest BCUT2D eigenvalue weighted by atomic mass is 35.5. The number of halogens is 4. The number of pyridine rings is 2. The van der Waals surface area contributed by atoms with E-state index < -0.39 is 0 Å². The molecule has 0 amide bonds. The van der Waals surface area contributed by atoms with Crippen molar-refractivity contribution in [3.05, 3.63) is 111 Å². The molecular formula is C38H31Cl4N11O. The zero-order chi connectivity index (χ0) is 37.5. The van der Waals surface area contributed by atoms with E-state index in [2.05, 4.69) is 38.1 Å². The van der Waals surface area contributed by atoms with Gasteiger partial charge in [-0.25, -0.2) is 29.9 Å². The molecule has 0 unspecified atom stereocenters. The highest BCUT2D eigenvalue weighted by Crippen LogP contribution is 2.42. The number of hydrogen-bond acceptors (Lipinski definition) is 10. The van der Waals surface area contributed by atoms with Crippen molar-refractivity contribution in [2.24, 2.45) is 0 Å². The van der Waals surface area contributed by atoms with Gasteiger partial charge in [0.25, 0.3) is 5.88 Å². The van der Waals surface area contributed by atoms with Gasteiger partial charge in [0, 0.05) is 55.1 Å². The third-order valence-corrected chi connectivity index (χ3v) is 9.85. The molecular weight excluding hydrogens is 768 g/mol. The summed E-state index contributed by atoms with van der Waals surface area (Å²) in [6.45, 7) is 7.40. The van der Waals surface area contributed by atoms with E-state index in [4.69, 9.17) is 70.9 Å². The van der Waals surface area contributed by atoms with Gasteiger partial charge in [-0.15, -0.1) is 0 Å². The van der Waals surface area contributed by atoms with Gasteiger partial charge in [-0.3, -0.25) is 4.98 Å². The molecule has 0 saturated carbocycles. The van der Waals surface area contributed by atoms with Crippen molar-refractivity contribution in [3.63, 3.8) is 0 Å². The molecule has 8 aromatic rings. The molecule has 0 spiro atoms. The van der Waals surface area contributed by atoms with Crippen molar-refractivity contribution in [3.8, 4) is 22.8 Å². The van der Waals surface area contributed by atoms with E-state index in [1.165, 1.54) is 0 Å². The molecule has 0 aliphatic rings. The van der Waals surface area contributed by atoms with Gasteiger partial charge in [-0.1, -0.05) is 77.5 Å². The van der Waals surface area contributed by atoms with Crippen LogP contribution >= 0.6 is 46.4 Å². The van der Waals surface area contributed by atoms with Crippen LogP contribution in [0.4, 0.5) is 23.3 Å². The van der Waals surface area contributed by atoms with Crippen LogP contribution in [0.3, 0.4) is 0 Å². The Morgan fingerprint density at radius 1 is 0.648 bits per heavy atom. The topological polar surface area (TPSA) is 120 Å². The third kappa shape index (κ3) is 6.38. The summed E-state index contributed by atoms with van der Waals surface area (Å²) in [6, 6.07) is 16.7. The number of rotatable bonds is 11. The molecule has 6 heterocycles. The predicted octanol–water partition coefficient (Wildman–Crippen LogP) is 10.9. The lowest BCUT2D eigenvalue weighted by Gasteiger charge is -2.33. The molecule has 0 fully saturated rings. The zero-order valence-electron chi connectivity index (χ0n) is 29.3. The number of para-hydroxylation sites is 2. The number of aryl methyl sites for hydroxylation is 3. The molecule has 0 saturated heterocycles. The van der Waals surface area contributed by atoms with Crippen LogP contribution in [0.1, 0.15) is 32.4 Å². The number of anilines is 4. The molecule has 2 aromatic carbocycles. The van der Waals surface area contributed by atoms with Crippen LogP contribution in [0.15, 0.2) is 90.1 Å². The van der Waals surface area contributed by atoms with E-state index >= 15 is 0 Å². The predicted molar refractivity (Wildman–Crippen MR) is 214 cm³/mol. The van der Waals surface area contributed by atoms with Crippen LogP contribution in [-0.2, 0) is 13.1 Å². The van der Waals surface area contributed by atoms with E-state index in [1.54, 1.807) is 59.2 Å². The molecule has 0 aliphatic carbocycles. The molecule has 272 valence electrons. The lowest BCUT2D eigenvalue weighted by atomic mass is 10.2. The van der Waals surface area contributed by atoms with Crippen molar-refractivity contribution >= 4 is 91.8 Å². The smallest absolute Gasteiger partial charge is 0.252 e. The van der Waals surface area contributed by atoms with Crippen molar-refractivity contribution in [1.82, 2.24) is 44.2 Å². The van der Waals surface area contributed by atoms with E-state index in [-0.39, 0.29) is 27.6 Å². The second kappa shape index (κ2) is 14.9. The minimum absolute atomic E-state index is 0.270. The number of fused-ring (bicyclic) bond motifs is 2. The largest absolute Gasteiger partial charge is 0.336 e. The van der Waals surface area contributed by atoms with Crippen LogP contribution < -0.4 is 10.0 Å². The van der Waals surface area contributed by atoms with E-state index in [0.29, 0.717) is 57.4 Å². The van der Waals surface area contributed by atoms with E-state index in [0.717, 1.165) is 34.9 Å². The number of nitrogens with zero attached hydrogens (tertiary/aromatic N) is 11. The SMILES string of the molecule is CCCn1c(-c2cnc(N(c3cnccn3)N(c3cc(C)no3)c3ncc(-c4nc5cccc(Cl)c5n4CCC)cc3Cl)c(Cl)c2)nc2cccc(Cl)c21. The van der Waals surface area contributed by atoms with Crippen molar-refractivity contribution < 1.29 is 4.52 Å². The van der Waals surface area contributed by atoms with Gasteiger partial charge >= 0.3 is 0 Å². The monoisotopic (exact) mass is 797 g/mol. The van der Waals surface area contributed by atoms with Crippen molar-refractivity contribution in [2.75, 3.05) is 10.0 Å². The first-order valence-electron chi connectivity index (χ1n) is 17.2. The average Bonchev–Trinajstić information content (AvgIpc) is 3.88. The number of imidazole rings is 2. The minimum Gasteiger partial charge on any atom is -0.336 e. The number of aromatic nitrogens is 9. The summed E-state index contributed by atoms with van der Waals surface area (Å²) in [5, 5.41) is 9.19. The number of benzene rings is 2. The van der Waals surface area contributed by atoms with Gasteiger partial charge in [0.1, 0.15) is 11.6 Å². The maximum Gasteiger partial charge on any atom is 0.252 e. The first-order chi connectivity index (χ1) is 26.3. The maximum absolute atomic E-state index is 7.19. The Bertz CT molecular complexity index is 2640. The molecule has 54 heavy (non-hydrogen) atoms. The summed E-state index contributed by atoms with van der Waals surface area (Å²) in [6.07, 6.45) is 9.85. The van der Waals surface area contributed by atoms with Crippen molar-refractivity contribution in [2.45, 2.75) is 46.7 Å². The number of hydrazine groups is 1. The Hall–Kier alpha value is -5.27. The fourth-order valence-electron chi connectivity index (χ4n) is 6.48. The third-order valence-electron chi connectivity index (χ3n) is 8.68. The lowest BCUT2D eigenvalue weighted by molar-refractivity contribution is 0.417. The molecule has 0 radical (unpaired) electrons. The molecule has 6 aromatic heterocycles. The van der Waals surface area contributed by atoms with Gasteiger partial charge in [0.05, 0.1) is 54.0 Å². The van der Waals surface area contributed by atoms with Crippen LogP contribution in [0.5, 0.6) is 0 Å². The molecule has 0 aliphatic heterocycles. The Kier molecular flexibility index (Phi) is 9.84. The average molecular weight is 800 g/mol. The second-order valence-electron chi connectivity index (χ2n) is 12.4. The fourth-order valence-corrected chi connectivity index (χ4v) is 7.51. The van der Waals surface area contributed by atoms with Crippen LogP contribution in [0.2, 0.25) is 20.1 Å². The normalized spacial score (nSPS) is 11.5. The Labute approximate surface area is 329 Å². The summed E-state index contributed by atoms with van der Waals surface area (Å²) >= 11 is 27.7. The molecule has 8 rings (SSSR count). The highest BCUT2D eigenvalue weighted by molar-refractivity contribution is 6.36. The van der Waals surface area contributed by atoms with Crippen molar-refractivity contribution in [1.29, 1.82) is 0 Å². The summed E-state index contributed by atoms with van der Waals surface area (Å²) < 4.78 is 10.0. The minimum atomic E-state index is 0.270. The van der Waals surface area contributed by atoms with Crippen LogP contribution in [-0.4, -0.2) is 44.2 Å². The molecule has 12 nitrogen and oxygen atoms in total. The van der Waals surface area contributed by atoms with Crippen LogP contribution in [0, 0.1) is 6.92 Å². The Morgan fingerprint density at radius 2 is 1.20 bits per heavy atom. The number of hydrogen-bond donors (Lipinski definition) is 0. The summed E-state index contributed by atoms with van der Waals surface area (Å²) in [7, 11) is 0. The van der Waals surface area contributed by atoms with Gasteiger partial charge in [-0.2, -0.15) is 5.01 Å². The van der Waals surface area contributed by atoms with E-state index in [1.807, 2.05) is 43.3 Å². The molecule has 16 heteroatoms. The zero-order valence-corrected chi connectivity index (χ0v) is 32.3. The fraction of sp³-hybridized carbons (Fsp3) is 0.184. The Morgan fingerprint density at radius 3 is 1.67 bits per heavy atom. The van der Waals surface area contributed by atoms with Gasteiger partial charge in [0.2, 0.25) is 0 Å².